The molecule has 1 aromatic rings. The molecule has 0 heterocycles. The highest BCUT2D eigenvalue weighted by Crippen LogP contribution is 2.29. The van der Waals surface area contributed by atoms with Crippen LogP contribution in [0.15, 0.2) is 35.2 Å². The highest BCUT2D eigenvalue weighted by Gasteiger charge is 2.08. The maximum absolute atomic E-state index is 2.28. The lowest BCUT2D eigenvalue weighted by molar-refractivity contribution is 0.639. The SMILES string of the molecule is CCCCC(CCC)Sc1ccccc1. The molecule has 1 unspecified atom stereocenters. The molecule has 0 N–H and O–H groups in total. The number of thioether (sulfide) groups is 1. The van der Waals surface area contributed by atoms with Crippen molar-refractivity contribution in [2.24, 2.45) is 0 Å². The average Bonchev–Trinajstić information content (AvgIpc) is 2.28. The smallest absolute Gasteiger partial charge is 0.00943 e. The molecule has 0 saturated heterocycles. The Morgan fingerprint density at radius 1 is 1.00 bits per heavy atom. The zero-order valence-corrected chi connectivity index (χ0v) is 10.7. The van der Waals surface area contributed by atoms with Crippen LogP contribution in [0.5, 0.6) is 0 Å². The first-order valence-corrected chi connectivity index (χ1v) is 6.96. The molecule has 0 bridgehead atoms. The summed E-state index contributed by atoms with van der Waals surface area (Å²) in [6.45, 7) is 4.56. The molecule has 0 nitrogen and oxygen atoms in total. The Labute approximate surface area is 98.5 Å². The van der Waals surface area contributed by atoms with Crippen LogP contribution in [0.3, 0.4) is 0 Å². The molecule has 0 fully saturated rings. The molecule has 0 saturated carbocycles. The van der Waals surface area contributed by atoms with E-state index >= 15 is 0 Å². The predicted molar refractivity (Wildman–Crippen MR) is 70.5 cm³/mol. The van der Waals surface area contributed by atoms with Crippen molar-refractivity contribution in [2.45, 2.75) is 56.1 Å². The lowest BCUT2D eigenvalue weighted by Gasteiger charge is -2.15. The summed E-state index contributed by atoms with van der Waals surface area (Å²) in [7, 11) is 0. The van der Waals surface area contributed by atoms with E-state index in [1.165, 1.54) is 37.0 Å². The lowest BCUT2D eigenvalue weighted by atomic mass is 10.1. The molecule has 0 radical (unpaired) electrons. The van der Waals surface area contributed by atoms with Gasteiger partial charge in [-0.25, -0.2) is 0 Å². The minimum Gasteiger partial charge on any atom is -0.123 e. The molecular formula is C14H22S. The van der Waals surface area contributed by atoms with Crippen LogP contribution in [0.1, 0.15) is 46.0 Å². The van der Waals surface area contributed by atoms with Gasteiger partial charge >= 0.3 is 0 Å². The van der Waals surface area contributed by atoms with E-state index in [0.717, 1.165) is 5.25 Å². The van der Waals surface area contributed by atoms with E-state index in [1.54, 1.807) is 0 Å². The standard InChI is InChI=1S/C14H22S/c1-3-5-10-13(9-4-2)15-14-11-7-6-8-12-14/h6-8,11-13H,3-5,9-10H2,1-2H3. The second kappa shape index (κ2) is 7.81. The Morgan fingerprint density at radius 2 is 1.73 bits per heavy atom. The van der Waals surface area contributed by atoms with Gasteiger partial charge in [0.25, 0.3) is 0 Å². The van der Waals surface area contributed by atoms with Crippen molar-refractivity contribution >= 4 is 11.8 Å². The molecule has 0 aliphatic carbocycles. The van der Waals surface area contributed by atoms with Crippen LogP contribution in [0.25, 0.3) is 0 Å². The second-order valence-electron chi connectivity index (χ2n) is 3.98. The van der Waals surface area contributed by atoms with Gasteiger partial charge < -0.3 is 0 Å². The molecular weight excluding hydrogens is 200 g/mol. The van der Waals surface area contributed by atoms with E-state index in [-0.39, 0.29) is 0 Å². The van der Waals surface area contributed by atoms with Crippen LogP contribution < -0.4 is 0 Å². The molecule has 0 spiro atoms. The van der Waals surface area contributed by atoms with E-state index in [9.17, 15) is 0 Å². The number of hydrogen-bond donors (Lipinski definition) is 0. The third-order valence-corrected chi connectivity index (χ3v) is 3.89. The van der Waals surface area contributed by atoms with Crippen molar-refractivity contribution in [1.82, 2.24) is 0 Å². The van der Waals surface area contributed by atoms with Gasteiger partial charge in [-0.15, -0.1) is 11.8 Å². The maximum atomic E-state index is 2.28. The molecule has 1 atom stereocenters. The summed E-state index contributed by atoms with van der Waals surface area (Å²) in [6.07, 6.45) is 6.69. The van der Waals surface area contributed by atoms with Gasteiger partial charge in [0.05, 0.1) is 0 Å². The van der Waals surface area contributed by atoms with Gasteiger partial charge in [-0.3, -0.25) is 0 Å². The first kappa shape index (κ1) is 12.6. The normalized spacial score (nSPS) is 12.7. The monoisotopic (exact) mass is 222 g/mol. The summed E-state index contributed by atoms with van der Waals surface area (Å²) < 4.78 is 0. The largest absolute Gasteiger partial charge is 0.123 e. The average molecular weight is 222 g/mol. The Morgan fingerprint density at radius 3 is 2.33 bits per heavy atom. The summed E-state index contributed by atoms with van der Waals surface area (Å²) >= 11 is 2.05. The lowest BCUT2D eigenvalue weighted by Crippen LogP contribution is -2.01. The first-order valence-electron chi connectivity index (χ1n) is 6.08. The van der Waals surface area contributed by atoms with E-state index in [4.69, 9.17) is 0 Å². The number of benzene rings is 1. The summed E-state index contributed by atoms with van der Waals surface area (Å²) in [4.78, 5) is 1.42. The van der Waals surface area contributed by atoms with Gasteiger partial charge in [0.15, 0.2) is 0 Å². The van der Waals surface area contributed by atoms with Crippen molar-refractivity contribution < 1.29 is 0 Å². The Kier molecular flexibility index (Phi) is 6.58. The van der Waals surface area contributed by atoms with E-state index < -0.39 is 0 Å². The molecule has 0 aliphatic rings. The van der Waals surface area contributed by atoms with Crippen LogP contribution in [0, 0.1) is 0 Å². The second-order valence-corrected chi connectivity index (χ2v) is 5.36. The van der Waals surface area contributed by atoms with Crippen molar-refractivity contribution in [3.8, 4) is 0 Å². The molecule has 15 heavy (non-hydrogen) atoms. The van der Waals surface area contributed by atoms with Crippen LogP contribution in [0.2, 0.25) is 0 Å². The van der Waals surface area contributed by atoms with Gasteiger partial charge in [-0.1, -0.05) is 51.3 Å². The first-order chi connectivity index (χ1) is 7.36. The zero-order chi connectivity index (χ0) is 10.9. The van der Waals surface area contributed by atoms with Gasteiger partial charge in [0, 0.05) is 10.1 Å². The molecule has 1 heteroatoms. The molecule has 0 aromatic heterocycles. The summed E-state index contributed by atoms with van der Waals surface area (Å²) in [5.74, 6) is 0. The quantitative estimate of drug-likeness (QED) is 0.576. The Hall–Kier alpha value is -0.430. The van der Waals surface area contributed by atoms with E-state index in [1.807, 2.05) is 0 Å². The Balaban J connectivity index is 2.43. The number of hydrogen-bond acceptors (Lipinski definition) is 1. The van der Waals surface area contributed by atoms with Gasteiger partial charge in [-0.2, -0.15) is 0 Å². The molecule has 0 amide bonds. The van der Waals surface area contributed by atoms with Gasteiger partial charge in [0.2, 0.25) is 0 Å². The van der Waals surface area contributed by atoms with Gasteiger partial charge in [-0.05, 0) is 25.0 Å². The topological polar surface area (TPSA) is 0 Å². The minimum absolute atomic E-state index is 0.817. The molecule has 1 aromatic carbocycles. The fourth-order valence-electron chi connectivity index (χ4n) is 1.71. The fraction of sp³-hybridized carbons (Fsp3) is 0.571. The van der Waals surface area contributed by atoms with Crippen LogP contribution >= 0.6 is 11.8 Å². The van der Waals surface area contributed by atoms with E-state index in [0.29, 0.717) is 0 Å². The van der Waals surface area contributed by atoms with Crippen LogP contribution in [0.4, 0.5) is 0 Å². The van der Waals surface area contributed by atoms with Gasteiger partial charge in [0.1, 0.15) is 0 Å². The third-order valence-electron chi connectivity index (χ3n) is 2.54. The Bertz CT molecular complexity index is 243. The molecule has 84 valence electrons. The number of unbranched alkanes of at least 4 members (excludes halogenated alkanes) is 1. The minimum atomic E-state index is 0.817. The predicted octanol–water partition coefficient (Wildman–Crippen LogP) is 5.14. The van der Waals surface area contributed by atoms with Crippen molar-refractivity contribution in [3.05, 3.63) is 30.3 Å². The van der Waals surface area contributed by atoms with Crippen molar-refractivity contribution in [3.63, 3.8) is 0 Å². The summed E-state index contributed by atoms with van der Waals surface area (Å²) in [5.41, 5.74) is 0. The zero-order valence-electron chi connectivity index (χ0n) is 9.91. The summed E-state index contributed by atoms with van der Waals surface area (Å²) in [5, 5.41) is 0.817. The van der Waals surface area contributed by atoms with Crippen molar-refractivity contribution in [1.29, 1.82) is 0 Å². The van der Waals surface area contributed by atoms with Crippen LogP contribution in [-0.2, 0) is 0 Å². The highest BCUT2D eigenvalue weighted by molar-refractivity contribution is 8.00. The van der Waals surface area contributed by atoms with Crippen LogP contribution in [-0.4, -0.2) is 5.25 Å². The highest BCUT2D eigenvalue weighted by atomic mass is 32.2. The summed E-state index contributed by atoms with van der Waals surface area (Å²) in [6, 6.07) is 10.8. The van der Waals surface area contributed by atoms with Crippen molar-refractivity contribution in [2.75, 3.05) is 0 Å². The fourth-order valence-corrected chi connectivity index (χ4v) is 3.04. The number of rotatable bonds is 7. The van der Waals surface area contributed by atoms with E-state index in [2.05, 4.69) is 55.9 Å². The third kappa shape index (κ3) is 5.27. The molecule has 0 aliphatic heterocycles. The maximum Gasteiger partial charge on any atom is 0.00943 e. The molecule has 1 rings (SSSR count).